The largest absolute Gasteiger partial charge is 0.0654 e. The van der Waals surface area contributed by atoms with Crippen molar-refractivity contribution < 1.29 is 0 Å². The third-order valence-corrected chi connectivity index (χ3v) is 5.12. The molecule has 0 spiro atoms. The summed E-state index contributed by atoms with van der Waals surface area (Å²) in [6.07, 6.45) is 12.6. The van der Waals surface area contributed by atoms with E-state index in [2.05, 4.69) is 48.5 Å². The van der Waals surface area contributed by atoms with Gasteiger partial charge in [0.25, 0.3) is 0 Å². The predicted octanol–water partition coefficient (Wildman–Crippen LogP) is 7.23. The first-order chi connectivity index (χ1) is 8.79. The third-order valence-electron chi connectivity index (χ3n) is 5.12. The number of hydrogen-bond acceptors (Lipinski definition) is 0. The van der Waals surface area contributed by atoms with Gasteiger partial charge < -0.3 is 0 Å². The molecule has 1 aliphatic rings. The zero-order valence-corrected chi connectivity index (χ0v) is 14.9. The first kappa shape index (κ1) is 19.0. The number of rotatable bonds is 5. The monoisotopic (exact) mass is 268 g/mol. The Bertz CT molecular complexity index is 200. The van der Waals surface area contributed by atoms with Crippen molar-refractivity contribution in [1.29, 1.82) is 0 Å². The second-order valence-electron chi connectivity index (χ2n) is 8.03. The van der Waals surface area contributed by atoms with Crippen LogP contribution in [-0.2, 0) is 0 Å². The molecule has 0 bridgehead atoms. The molecule has 0 N–H and O–H groups in total. The summed E-state index contributed by atoms with van der Waals surface area (Å²) in [4.78, 5) is 0. The Morgan fingerprint density at radius 1 is 0.895 bits per heavy atom. The summed E-state index contributed by atoms with van der Waals surface area (Å²) in [5.41, 5.74) is 1.21. The van der Waals surface area contributed by atoms with Crippen LogP contribution in [0.4, 0.5) is 0 Å². The summed E-state index contributed by atoms with van der Waals surface area (Å²) in [5, 5.41) is 0. The van der Waals surface area contributed by atoms with Crippen molar-refractivity contribution in [2.45, 2.75) is 106 Å². The lowest BCUT2D eigenvalue weighted by Crippen LogP contribution is -2.31. The van der Waals surface area contributed by atoms with Crippen LogP contribution in [0.2, 0.25) is 0 Å². The van der Waals surface area contributed by atoms with Gasteiger partial charge in [0.1, 0.15) is 0 Å². The van der Waals surface area contributed by atoms with Crippen molar-refractivity contribution in [3.8, 4) is 0 Å². The van der Waals surface area contributed by atoms with Gasteiger partial charge in [0.15, 0.2) is 0 Å². The predicted molar refractivity (Wildman–Crippen MR) is 89.6 cm³/mol. The summed E-state index contributed by atoms with van der Waals surface area (Å²) in [7, 11) is 0. The van der Waals surface area contributed by atoms with Crippen LogP contribution in [0.1, 0.15) is 106 Å². The van der Waals surface area contributed by atoms with Crippen LogP contribution in [0, 0.1) is 16.7 Å². The van der Waals surface area contributed by atoms with E-state index in [1.54, 1.807) is 0 Å². The molecule has 116 valence electrons. The molecule has 1 aliphatic carbocycles. The molecule has 0 aromatic heterocycles. The molecular formula is C19H40. The van der Waals surface area contributed by atoms with Crippen LogP contribution in [0.25, 0.3) is 0 Å². The molecule has 0 amide bonds. The normalized spacial score (nSPS) is 19.7. The van der Waals surface area contributed by atoms with Crippen LogP contribution in [0.15, 0.2) is 0 Å². The molecular weight excluding hydrogens is 228 g/mol. The summed E-state index contributed by atoms with van der Waals surface area (Å²) >= 11 is 0. The average Bonchev–Trinajstić information content (AvgIpc) is 2.36. The Balaban J connectivity index is 0.000000711. The highest BCUT2D eigenvalue weighted by atomic mass is 14.4. The van der Waals surface area contributed by atoms with E-state index >= 15 is 0 Å². The van der Waals surface area contributed by atoms with Crippen molar-refractivity contribution in [3.63, 3.8) is 0 Å². The average molecular weight is 269 g/mol. The van der Waals surface area contributed by atoms with E-state index in [1.165, 1.54) is 57.8 Å². The van der Waals surface area contributed by atoms with E-state index in [-0.39, 0.29) is 0 Å². The molecule has 0 aromatic carbocycles. The maximum absolute atomic E-state index is 2.49. The molecule has 0 heteroatoms. The first-order valence-electron chi connectivity index (χ1n) is 8.79. The molecule has 0 heterocycles. The van der Waals surface area contributed by atoms with E-state index in [0.717, 1.165) is 5.92 Å². The van der Waals surface area contributed by atoms with E-state index in [0.29, 0.717) is 10.8 Å². The van der Waals surface area contributed by atoms with E-state index in [4.69, 9.17) is 0 Å². The van der Waals surface area contributed by atoms with Crippen molar-refractivity contribution in [2.75, 3.05) is 0 Å². The van der Waals surface area contributed by atoms with E-state index < -0.39 is 0 Å². The fourth-order valence-corrected chi connectivity index (χ4v) is 3.02. The van der Waals surface area contributed by atoms with Gasteiger partial charge in [-0.1, -0.05) is 74.1 Å². The summed E-state index contributed by atoms with van der Waals surface area (Å²) < 4.78 is 0. The second kappa shape index (κ2) is 9.03. The maximum Gasteiger partial charge on any atom is -0.0326 e. The quantitative estimate of drug-likeness (QED) is 0.493. The molecule has 0 radical (unpaired) electrons. The minimum Gasteiger partial charge on any atom is -0.0654 e. The molecule has 0 unspecified atom stereocenters. The lowest BCUT2D eigenvalue weighted by Gasteiger charge is -2.42. The lowest BCUT2D eigenvalue weighted by atomic mass is 9.63. The maximum atomic E-state index is 2.49. The summed E-state index contributed by atoms with van der Waals surface area (Å²) in [5.74, 6) is 0.983. The van der Waals surface area contributed by atoms with Crippen LogP contribution in [0.3, 0.4) is 0 Å². The van der Waals surface area contributed by atoms with Crippen molar-refractivity contribution in [2.24, 2.45) is 16.7 Å². The lowest BCUT2D eigenvalue weighted by molar-refractivity contribution is 0.0901. The van der Waals surface area contributed by atoms with Crippen molar-refractivity contribution in [3.05, 3.63) is 0 Å². The van der Waals surface area contributed by atoms with Gasteiger partial charge in [0, 0.05) is 0 Å². The Morgan fingerprint density at radius 3 is 1.74 bits per heavy atom. The zero-order chi connectivity index (χ0) is 14.9. The smallest absolute Gasteiger partial charge is 0.0326 e. The van der Waals surface area contributed by atoms with Gasteiger partial charge in [-0.25, -0.2) is 0 Å². The highest BCUT2D eigenvalue weighted by Crippen LogP contribution is 2.46. The van der Waals surface area contributed by atoms with Crippen LogP contribution < -0.4 is 0 Å². The van der Waals surface area contributed by atoms with E-state index in [1.807, 2.05) is 0 Å². The fraction of sp³-hybridized carbons (Fsp3) is 1.00. The van der Waals surface area contributed by atoms with Gasteiger partial charge in [-0.3, -0.25) is 0 Å². The molecule has 0 nitrogen and oxygen atoms in total. The van der Waals surface area contributed by atoms with Gasteiger partial charge in [0.2, 0.25) is 0 Å². The summed E-state index contributed by atoms with van der Waals surface area (Å²) in [6, 6.07) is 0. The van der Waals surface area contributed by atoms with Gasteiger partial charge >= 0.3 is 0 Å². The van der Waals surface area contributed by atoms with Gasteiger partial charge in [-0.15, -0.1) is 0 Å². The molecule has 0 saturated heterocycles. The third kappa shape index (κ3) is 8.00. The molecule has 19 heavy (non-hydrogen) atoms. The fourth-order valence-electron chi connectivity index (χ4n) is 3.02. The highest BCUT2D eigenvalue weighted by molar-refractivity contribution is 4.86. The zero-order valence-electron chi connectivity index (χ0n) is 14.9. The second-order valence-corrected chi connectivity index (χ2v) is 8.03. The first-order valence-corrected chi connectivity index (χ1v) is 8.79. The SMILES string of the molecule is CCCC.CCCCC(C)(C)C1CCC(C)(C)CC1. The molecule has 0 atom stereocenters. The van der Waals surface area contributed by atoms with Crippen molar-refractivity contribution in [1.82, 2.24) is 0 Å². The van der Waals surface area contributed by atoms with Crippen LogP contribution in [-0.4, -0.2) is 0 Å². The minimum atomic E-state index is 0.590. The molecule has 1 saturated carbocycles. The molecule has 1 rings (SSSR count). The Hall–Kier alpha value is 0. The summed E-state index contributed by atoms with van der Waals surface area (Å²) in [6.45, 7) is 16.5. The van der Waals surface area contributed by atoms with Gasteiger partial charge in [-0.2, -0.15) is 0 Å². The Morgan fingerprint density at radius 2 is 1.37 bits per heavy atom. The van der Waals surface area contributed by atoms with Gasteiger partial charge in [-0.05, 0) is 48.9 Å². The molecule has 1 fully saturated rings. The van der Waals surface area contributed by atoms with Crippen LogP contribution >= 0.6 is 0 Å². The van der Waals surface area contributed by atoms with Crippen molar-refractivity contribution >= 4 is 0 Å². The number of unbranched alkanes of at least 4 members (excludes halogenated alkanes) is 2. The van der Waals surface area contributed by atoms with Crippen LogP contribution in [0.5, 0.6) is 0 Å². The van der Waals surface area contributed by atoms with Gasteiger partial charge in [0.05, 0.1) is 0 Å². The number of hydrogen-bond donors (Lipinski definition) is 0. The molecule has 0 aliphatic heterocycles. The Labute approximate surface area is 123 Å². The highest BCUT2D eigenvalue weighted by Gasteiger charge is 2.35. The Kier molecular flexibility index (Phi) is 9.03. The minimum absolute atomic E-state index is 0.590. The topological polar surface area (TPSA) is 0 Å². The molecule has 0 aromatic rings. The van der Waals surface area contributed by atoms with E-state index in [9.17, 15) is 0 Å². The standard InChI is InChI=1S/C15H30.C4H10/c1-6-7-10-15(4,5)13-8-11-14(2,3)12-9-13;1-3-4-2/h13H,6-12H2,1-5H3;3-4H2,1-2H3.